The minimum absolute atomic E-state index is 1.21. The van der Waals surface area contributed by atoms with E-state index in [1.54, 1.807) is 0 Å². The molecule has 0 saturated carbocycles. The average Bonchev–Trinajstić information content (AvgIpc) is 2.75. The van der Waals surface area contributed by atoms with Gasteiger partial charge in [-0.15, -0.1) is 0 Å². The molecule has 0 atom stereocenters. The lowest BCUT2D eigenvalue weighted by atomic mass is 9.98. The number of benzene rings is 3. The molecule has 1 heterocycles. The van der Waals surface area contributed by atoms with Crippen molar-refractivity contribution in [1.29, 1.82) is 0 Å². The van der Waals surface area contributed by atoms with Gasteiger partial charge in [-0.25, -0.2) is 0 Å². The van der Waals surface area contributed by atoms with Crippen LogP contribution < -0.4 is 4.57 Å². The zero-order chi connectivity index (χ0) is 22.4. The van der Waals surface area contributed by atoms with Crippen LogP contribution in [0, 0.1) is 6.92 Å². The molecular weight excluding hydrogens is 401 g/mol. The second-order valence-electron chi connectivity index (χ2n) is 7.17. The molecule has 0 spiro atoms. The fraction of sp³-hybridized carbons (Fsp3) is 0.0800. The lowest BCUT2D eigenvalue weighted by Crippen LogP contribution is -2.34. The lowest BCUT2D eigenvalue weighted by molar-refractivity contribution is -0.649. The van der Waals surface area contributed by atoms with Gasteiger partial charge in [-0.2, -0.15) is 4.57 Å². The summed E-state index contributed by atoms with van der Waals surface area (Å²) in [7, 11) is -3.86. The summed E-state index contributed by atoms with van der Waals surface area (Å²) in [4.78, 5) is 0. The van der Waals surface area contributed by atoms with Crippen molar-refractivity contribution >= 4 is 7.25 Å². The summed E-state index contributed by atoms with van der Waals surface area (Å²) in [5.74, 6) is 0. The minimum atomic E-state index is -6.00. The number of rotatable bonds is 3. The molecule has 6 heteroatoms. The van der Waals surface area contributed by atoms with Crippen LogP contribution in [0.1, 0.15) is 5.56 Å². The molecule has 1 nitrogen and oxygen atoms in total. The topological polar surface area (TPSA) is 3.88 Å². The Morgan fingerprint density at radius 2 is 0.935 bits per heavy atom. The van der Waals surface area contributed by atoms with Gasteiger partial charge in [-0.1, -0.05) is 66.2 Å². The third kappa shape index (κ3) is 6.28. The number of halogens is 4. The maximum Gasteiger partial charge on any atom is 0.673 e. The predicted molar refractivity (Wildman–Crippen MR) is 119 cm³/mol. The minimum Gasteiger partial charge on any atom is -0.418 e. The SMILES string of the molecule is Cc1ccc(-c2cc(-c3ccccc3)[n+](C)c(-c3ccccc3)c2)cc1.F[B-](F)(F)F. The number of aromatic nitrogens is 1. The normalized spacial score (nSPS) is 10.9. The molecule has 31 heavy (non-hydrogen) atoms. The Hall–Kier alpha value is -3.41. The molecule has 3 aromatic carbocycles. The van der Waals surface area contributed by atoms with E-state index < -0.39 is 7.25 Å². The van der Waals surface area contributed by atoms with E-state index in [-0.39, 0.29) is 0 Å². The Balaban J connectivity index is 0.000000491. The molecule has 0 aliphatic rings. The van der Waals surface area contributed by atoms with Gasteiger partial charge < -0.3 is 17.3 Å². The van der Waals surface area contributed by atoms with Crippen molar-refractivity contribution in [1.82, 2.24) is 0 Å². The van der Waals surface area contributed by atoms with Crippen LogP contribution in [-0.4, -0.2) is 7.25 Å². The second kappa shape index (κ2) is 9.60. The largest absolute Gasteiger partial charge is 0.673 e. The van der Waals surface area contributed by atoms with E-state index in [1.807, 2.05) is 0 Å². The Kier molecular flexibility index (Phi) is 6.90. The van der Waals surface area contributed by atoms with Gasteiger partial charge in [0, 0.05) is 23.3 Å². The highest BCUT2D eigenvalue weighted by Crippen LogP contribution is 2.28. The highest BCUT2D eigenvalue weighted by Gasteiger charge is 2.21. The quantitative estimate of drug-likeness (QED) is 0.188. The maximum absolute atomic E-state index is 9.75. The molecule has 4 aromatic rings. The van der Waals surface area contributed by atoms with Gasteiger partial charge >= 0.3 is 7.25 Å². The summed E-state index contributed by atoms with van der Waals surface area (Å²) in [5.41, 5.74) is 8.63. The number of hydrogen-bond donors (Lipinski definition) is 0. The predicted octanol–water partition coefficient (Wildman–Crippen LogP) is 7.12. The molecule has 0 amide bonds. The molecular formula is C25H22BF4N. The van der Waals surface area contributed by atoms with Crippen LogP contribution in [-0.2, 0) is 7.05 Å². The van der Waals surface area contributed by atoms with E-state index in [0.717, 1.165) is 0 Å². The smallest absolute Gasteiger partial charge is 0.418 e. The summed E-state index contributed by atoms with van der Waals surface area (Å²) in [6.45, 7) is 2.12. The Morgan fingerprint density at radius 3 is 1.32 bits per heavy atom. The highest BCUT2D eigenvalue weighted by molar-refractivity contribution is 6.50. The van der Waals surface area contributed by atoms with E-state index >= 15 is 0 Å². The van der Waals surface area contributed by atoms with Crippen LogP contribution in [0.4, 0.5) is 17.3 Å². The second-order valence-corrected chi connectivity index (χ2v) is 7.17. The molecule has 0 saturated heterocycles. The number of nitrogens with zero attached hydrogens (tertiary/aromatic N) is 1. The van der Waals surface area contributed by atoms with Crippen molar-refractivity contribution in [2.24, 2.45) is 7.05 Å². The van der Waals surface area contributed by atoms with Gasteiger partial charge in [-0.3, -0.25) is 0 Å². The number of aryl methyl sites for hydroxylation is 1. The lowest BCUT2D eigenvalue weighted by Gasteiger charge is -2.10. The number of pyridine rings is 1. The molecule has 0 N–H and O–H groups in total. The van der Waals surface area contributed by atoms with Crippen molar-refractivity contribution in [2.45, 2.75) is 6.92 Å². The molecule has 0 aliphatic heterocycles. The van der Waals surface area contributed by atoms with Crippen molar-refractivity contribution in [2.75, 3.05) is 0 Å². The monoisotopic (exact) mass is 423 g/mol. The van der Waals surface area contributed by atoms with Crippen LogP contribution in [0.3, 0.4) is 0 Å². The zero-order valence-corrected chi connectivity index (χ0v) is 17.3. The van der Waals surface area contributed by atoms with Gasteiger partial charge in [0.05, 0.1) is 0 Å². The molecule has 158 valence electrons. The van der Waals surface area contributed by atoms with Crippen LogP contribution in [0.5, 0.6) is 0 Å². The Labute approximate surface area is 179 Å². The molecule has 0 bridgehead atoms. The van der Waals surface area contributed by atoms with Crippen molar-refractivity contribution in [3.63, 3.8) is 0 Å². The molecule has 0 radical (unpaired) electrons. The molecule has 0 fully saturated rings. The van der Waals surface area contributed by atoms with E-state index in [9.17, 15) is 17.3 Å². The van der Waals surface area contributed by atoms with Crippen LogP contribution in [0.2, 0.25) is 0 Å². The third-order valence-electron chi connectivity index (χ3n) is 4.83. The van der Waals surface area contributed by atoms with E-state index in [4.69, 9.17) is 0 Å². The van der Waals surface area contributed by atoms with Crippen LogP contribution >= 0.6 is 0 Å². The zero-order valence-electron chi connectivity index (χ0n) is 17.3. The van der Waals surface area contributed by atoms with E-state index in [0.29, 0.717) is 0 Å². The van der Waals surface area contributed by atoms with Crippen LogP contribution in [0.25, 0.3) is 33.6 Å². The molecule has 0 unspecified atom stereocenters. The fourth-order valence-corrected chi connectivity index (χ4v) is 3.34. The van der Waals surface area contributed by atoms with Gasteiger partial charge in [0.15, 0.2) is 0 Å². The first-order chi connectivity index (χ1) is 14.7. The van der Waals surface area contributed by atoms with Crippen molar-refractivity contribution in [3.05, 3.63) is 103 Å². The fourth-order valence-electron chi connectivity index (χ4n) is 3.34. The van der Waals surface area contributed by atoms with E-state index in [1.165, 1.54) is 39.2 Å². The summed E-state index contributed by atoms with van der Waals surface area (Å²) < 4.78 is 41.3. The van der Waals surface area contributed by atoms with Crippen molar-refractivity contribution < 1.29 is 21.8 Å². The summed E-state index contributed by atoms with van der Waals surface area (Å²) in [6.07, 6.45) is 0. The Bertz CT molecular complexity index is 1060. The van der Waals surface area contributed by atoms with Gasteiger partial charge in [0.2, 0.25) is 11.4 Å². The van der Waals surface area contributed by atoms with E-state index in [2.05, 4.69) is 116 Å². The first kappa shape index (κ1) is 22.3. The van der Waals surface area contributed by atoms with Crippen LogP contribution in [0.15, 0.2) is 97.1 Å². The summed E-state index contributed by atoms with van der Waals surface area (Å²) >= 11 is 0. The standard InChI is InChI=1S/C25H22N.BF4/c1-19-13-15-20(16-14-19)23-17-24(21-9-5-3-6-10-21)26(2)25(18-23)22-11-7-4-8-12-22;2-1(3,4)5/h3-18H,1-2H3;/q+1;-1. The molecule has 1 aromatic heterocycles. The van der Waals surface area contributed by atoms with Gasteiger partial charge in [-0.05, 0) is 42.3 Å². The molecule has 0 aliphatic carbocycles. The average molecular weight is 423 g/mol. The maximum atomic E-state index is 9.75. The van der Waals surface area contributed by atoms with Gasteiger partial charge in [0.1, 0.15) is 7.05 Å². The van der Waals surface area contributed by atoms with Crippen molar-refractivity contribution in [3.8, 4) is 33.6 Å². The first-order valence-corrected chi connectivity index (χ1v) is 9.81. The van der Waals surface area contributed by atoms with Gasteiger partial charge in [0.25, 0.3) is 0 Å². The highest BCUT2D eigenvalue weighted by atomic mass is 19.5. The first-order valence-electron chi connectivity index (χ1n) is 9.81. The third-order valence-corrected chi connectivity index (χ3v) is 4.83. The molecule has 4 rings (SSSR count). The number of hydrogen-bond acceptors (Lipinski definition) is 0. The summed E-state index contributed by atoms with van der Waals surface area (Å²) in [5, 5.41) is 0. The Morgan fingerprint density at radius 1 is 0.548 bits per heavy atom. The summed E-state index contributed by atoms with van der Waals surface area (Å²) in [6, 6.07) is 34.5.